The van der Waals surface area contributed by atoms with Crippen LogP contribution in [0.5, 0.6) is 0 Å². The van der Waals surface area contributed by atoms with E-state index in [-0.39, 0.29) is 17.8 Å². The number of carbonyl (C=O) groups is 1. The molecular weight excluding hydrogens is 366 g/mol. The Bertz CT molecular complexity index is 1110. The van der Waals surface area contributed by atoms with E-state index in [1.54, 1.807) is 12.1 Å². The van der Waals surface area contributed by atoms with Crippen LogP contribution in [0.2, 0.25) is 0 Å². The number of nitro benzene ring substituents is 1. The summed E-state index contributed by atoms with van der Waals surface area (Å²) in [5.74, 6) is -0.0168. The van der Waals surface area contributed by atoms with Crippen molar-refractivity contribution in [3.63, 3.8) is 0 Å². The number of amides is 1. The van der Waals surface area contributed by atoms with Crippen molar-refractivity contribution in [2.75, 3.05) is 11.4 Å². The zero-order chi connectivity index (χ0) is 20.0. The molecule has 0 saturated carbocycles. The van der Waals surface area contributed by atoms with E-state index in [0.717, 1.165) is 29.8 Å². The van der Waals surface area contributed by atoms with Crippen LogP contribution >= 0.6 is 0 Å². The predicted molar refractivity (Wildman–Crippen MR) is 110 cm³/mol. The van der Waals surface area contributed by atoms with Crippen molar-refractivity contribution >= 4 is 17.3 Å². The summed E-state index contributed by atoms with van der Waals surface area (Å²) in [5.41, 5.74) is 4.99. The molecule has 0 saturated heterocycles. The number of rotatable bonds is 3. The maximum atomic E-state index is 13.5. The van der Waals surface area contributed by atoms with Crippen LogP contribution in [0.3, 0.4) is 0 Å². The highest BCUT2D eigenvalue weighted by atomic mass is 16.6. The molecule has 1 amide bonds. The van der Waals surface area contributed by atoms with Crippen LogP contribution < -0.4 is 4.90 Å². The third kappa shape index (κ3) is 2.84. The molecule has 1 atom stereocenters. The summed E-state index contributed by atoms with van der Waals surface area (Å²) < 4.78 is 0. The van der Waals surface area contributed by atoms with Crippen LogP contribution in [0.1, 0.15) is 33.2 Å². The van der Waals surface area contributed by atoms with E-state index in [2.05, 4.69) is 17.0 Å². The van der Waals surface area contributed by atoms with Gasteiger partial charge in [-0.1, -0.05) is 48.5 Å². The highest BCUT2D eigenvalue weighted by Crippen LogP contribution is 2.42. The molecule has 5 rings (SSSR count). The second kappa shape index (κ2) is 6.74. The predicted octanol–water partition coefficient (Wildman–Crippen LogP) is 4.31. The Morgan fingerprint density at radius 2 is 1.69 bits per heavy atom. The molecular formula is C23H19N3O3. The number of fused-ring (bicyclic) bond motifs is 5. The summed E-state index contributed by atoms with van der Waals surface area (Å²) in [6.45, 7) is 1.23. The van der Waals surface area contributed by atoms with Crippen molar-refractivity contribution in [2.24, 2.45) is 0 Å². The quantitative estimate of drug-likeness (QED) is 0.498. The lowest BCUT2D eigenvalue weighted by atomic mass is 9.91. The minimum absolute atomic E-state index is 0.0168. The maximum absolute atomic E-state index is 13.5. The minimum Gasteiger partial charge on any atom is -0.346 e. The summed E-state index contributed by atoms with van der Waals surface area (Å²) in [6.07, 6.45) is 0.748. The number of para-hydroxylation sites is 1. The van der Waals surface area contributed by atoms with E-state index < -0.39 is 4.92 Å². The van der Waals surface area contributed by atoms with Gasteiger partial charge in [-0.2, -0.15) is 0 Å². The summed E-state index contributed by atoms with van der Waals surface area (Å²) in [4.78, 5) is 28.2. The molecule has 0 aliphatic carbocycles. The van der Waals surface area contributed by atoms with Crippen LogP contribution in [0.15, 0.2) is 72.8 Å². The average molecular weight is 385 g/mol. The lowest BCUT2D eigenvalue weighted by Gasteiger charge is -2.48. The molecule has 29 heavy (non-hydrogen) atoms. The second-order valence-corrected chi connectivity index (χ2v) is 7.39. The maximum Gasteiger partial charge on any atom is 0.269 e. The normalized spacial score (nSPS) is 17.4. The third-order valence-corrected chi connectivity index (χ3v) is 5.75. The summed E-state index contributed by atoms with van der Waals surface area (Å²) in [6, 6.07) is 22.4. The Morgan fingerprint density at radius 3 is 2.48 bits per heavy atom. The smallest absolute Gasteiger partial charge is 0.269 e. The molecule has 2 heterocycles. The van der Waals surface area contributed by atoms with Crippen molar-refractivity contribution in [1.82, 2.24) is 4.90 Å². The number of nitrogens with zero attached hydrogens (tertiary/aromatic N) is 3. The highest BCUT2D eigenvalue weighted by molar-refractivity contribution is 6.02. The Balaban J connectivity index is 1.59. The van der Waals surface area contributed by atoms with Gasteiger partial charge in [-0.3, -0.25) is 14.9 Å². The van der Waals surface area contributed by atoms with Crippen molar-refractivity contribution < 1.29 is 9.72 Å². The van der Waals surface area contributed by atoms with Crippen LogP contribution in [-0.4, -0.2) is 22.3 Å². The Hall–Kier alpha value is -3.67. The van der Waals surface area contributed by atoms with Crippen LogP contribution in [0, 0.1) is 10.1 Å². The van der Waals surface area contributed by atoms with Gasteiger partial charge < -0.3 is 9.80 Å². The first-order valence-corrected chi connectivity index (χ1v) is 9.61. The summed E-state index contributed by atoms with van der Waals surface area (Å²) in [5, 5.41) is 11.0. The van der Waals surface area contributed by atoms with Crippen molar-refractivity contribution in [1.29, 1.82) is 0 Å². The molecule has 0 radical (unpaired) electrons. The van der Waals surface area contributed by atoms with Crippen molar-refractivity contribution in [3.05, 3.63) is 105 Å². The Morgan fingerprint density at radius 1 is 0.966 bits per heavy atom. The number of hydrogen-bond acceptors (Lipinski definition) is 4. The fraction of sp³-hybridized carbons (Fsp3) is 0.174. The molecule has 144 valence electrons. The number of non-ortho nitro benzene ring substituents is 1. The first kappa shape index (κ1) is 17.4. The number of hydrogen-bond donors (Lipinski definition) is 0. The minimum atomic E-state index is -0.412. The van der Waals surface area contributed by atoms with Crippen molar-refractivity contribution in [3.8, 4) is 0 Å². The van der Waals surface area contributed by atoms with Gasteiger partial charge in [0.2, 0.25) is 0 Å². The van der Waals surface area contributed by atoms with Crippen LogP contribution in [0.25, 0.3) is 0 Å². The molecule has 2 aliphatic rings. The number of nitro groups is 1. The molecule has 0 fully saturated rings. The average Bonchev–Trinajstić information content (AvgIpc) is 2.76. The first-order chi connectivity index (χ1) is 14.1. The SMILES string of the molecule is O=C1c2ccccc2N2CCc3ccccc3C2N1Cc1ccc([N+](=O)[O-])cc1. The fourth-order valence-electron chi connectivity index (χ4n) is 4.38. The molecule has 6 nitrogen and oxygen atoms in total. The topological polar surface area (TPSA) is 66.7 Å². The lowest BCUT2D eigenvalue weighted by molar-refractivity contribution is -0.384. The Labute approximate surface area is 168 Å². The lowest BCUT2D eigenvalue weighted by Crippen LogP contribution is -2.51. The molecule has 0 spiro atoms. The van der Waals surface area contributed by atoms with E-state index in [1.807, 2.05) is 41.3 Å². The van der Waals surface area contributed by atoms with Gasteiger partial charge in [-0.05, 0) is 35.2 Å². The number of carbonyl (C=O) groups excluding carboxylic acids is 1. The van der Waals surface area contributed by atoms with E-state index in [9.17, 15) is 14.9 Å². The standard InChI is InChI=1S/C23H19N3O3/c27-23-20-7-3-4-8-21(20)24-14-13-17-5-1-2-6-19(17)22(24)25(23)15-16-9-11-18(12-10-16)26(28)29/h1-12,22H,13-15H2. The van der Waals surface area contributed by atoms with E-state index in [1.165, 1.54) is 17.7 Å². The third-order valence-electron chi connectivity index (χ3n) is 5.75. The molecule has 0 N–H and O–H groups in total. The van der Waals surface area contributed by atoms with E-state index in [4.69, 9.17) is 0 Å². The van der Waals surface area contributed by atoms with Gasteiger partial charge in [-0.15, -0.1) is 0 Å². The van der Waals surface area contributed by atoms with Gasteiger partial charge in [-0.25, -0.2) is 0 Å². The van der Waals surface area contributed by atoms with Gasteiger partial charge >= 0.3 is 0 Å². The largest absolute Gasteiger partial charge is 0.346 e. The molecule has 3 aromatic carbocycles. The van der Waals surface area contributed by atoms with Gasteiger partial charge in [0.25, 0.3) is 11.6 Å². The first-order valence-electron chi connectivity index (χ1n) is 9.61. The van der Waals surface area contributed by atoms with E-state index in [0.29, 0.717) is 12.1 Å². The zero-order valence-electron chi connectivity index (χ0n) is 15.7. The van der Waals surface area contributed by atoms with Crippen LogP contribution in [-0.2, 0) is 13.0 Å². The second-order valence-electron chi connectivity index (χ2n) is 7.39. The van der Waals surface area contributed by atoms with E-state index >= 15 is 0 Å². The number of anilines is 1. The molecule has 0 aromatic heterocycles. The van der Waals surface area contributed by atoms with Gasteiger partial charge in [0, 0.05) is 25.2 Å². The van der Waals surface area contributed by atoms with Gasteiger partial charge in [0.05, 0.1) is 16.2 Å². The zero-order valence-corrected chi connectivity index (χ0v) is 15.7. The molecule has 6 heteroatoms. The van der Waals surface area contributed by atoms with Gasteiger partial charge in [0.1, 0.15) is 6.17 Å². The fourth-order valence-corrected chi connectivity index (χ4v) is 4.38. The Kier molecular flexibility index (Phi) is 4.05. The summed E-state index contributed by atoms with van der Waals surface area (Å²) >= 11 is 0. The molecule has 3 aromatic rings. The molecule has 0 bridgehead atoms. The monoisotopic (exact) mass is 385 g/mol. The van der Waals surface area contributed by atoms with Crippen LogP contribution in [0.4, 0.5) is 11.4 Å². The molecule has 1 unspecified atom stereocenters. The number of benzene rings is 3. The molecule has 2 aliphatic heterocycles. The summed E-state index contributed by atoms with van der Waals surface area (Å²) in [7, 11) is 0. The highest BCUT2D eigenvalue weighted by Gasteiger charge is 2.40. The van der Waals surface area contributed by atoms with Crippen molar-refractivity contribution in [2.45, 2.75) is 19.1 Å². The van der Waals surface area contributed by atoms with Gasteiger partial charge in [0.15, 0.2) is 0 Å².